The van der Waals surface area contributed by atoms with Crippen LogP contribution in [-0.4, -0.2) is 61.8 Å². The maximum atomic E-state index is 5.88. The number of likely N-dealkylation sites (N-methyl/N-ethyl adjacent to an activating group) is 2. The minimum absolute atomic E-state index is 0.353. The minimum Gasteiger partial charge on any atom is -0.381 e. The first kappa shape index (κ1) is 15.0. The second-order valence-electron chi connectivity index (χ2n) is 5.45. The van der Waals surface area contributed by atoms with Crippen molar-refractivity contribution in [3.8, 4) is 0 Å². The Morgan fingerprint density at radius 1 is 1.35 bits per heavy atom. The number of hydrogen-bond acceptors (Lipinski definition) is 6. The summed E-state index contributed by atoms with van der Waals surface area (Å²) in [5.74, 6) is 1.63. The van der Waals surface area contributed by atoms with E-state index in [4.69, 9.17) is 10.5 Å². The molecule has 0 aromatic carbocycles. The molecule has 0 saturated carbocycles. The van der Waals surface area contributed by atoms with Gasteiger partial charge in [-0.1, -0.05) is 0 Å². The number of anilines is 2. The molecule has 2 N–H and O–H groups in total. The Labute approximate surface area is 120 Å². The molecule has 0 bridgehead atoms. The van der Waals surface area contributed by atoms with E-state index in [0.29, 0.717) is 11.9 Å². The van der Waals surface area contributed by atoms with Gasteiger partial charge < -0.3 is 20.3 Å². The zero-order chi connectivity index (χ0) is 14.5. The SMILES string of the molecule is CCN(CCN(C)C)c1cc(C2CCOC2)nc(N)n1. The fraction of sp³-hybridized carbons (Fsp3) is 0.714. The van der Waals surface area contributed by atoms with Crippen molar-refractivity contribution in [2.75, 3.05) is 57.6 Å². The molecular formula is C14H25N5O. The monoisotopic (exact) mass is 279 g/mol. The smallest absolute Gasteiger partial charge is 0.222 e. The van der Waals surface area contributed by atoms with Crippen LogP contribution in [0, 0.1) is 0 Å². The zero-order valence-corrected chi connectivity index (χ0v) is 12.7. The van der Waals surface area contributed by atoms with Crippen molar-refractivity contribution in [1.29, 1.82) is 0 Å². The van der Waals surface area contributed by atoms with E-state index in [1.54, 1.807) is 0 Å². The first-order valence-electron chi connectivity index (χ1n) is 7.22. The van der Waals surface area contributed by atoms with Crippen LogP contribution >= 0.6 is 0 Å². The van der Waals surface area contributed by atoms with Gasteiger partial charge >= 0.3 is 0 Å². The van der Waals surface area contributed by atoms with Crippen molar-refractivity contribution < 1.29 is 4.74 Å². The summed E-state index contributed by atoms with van der Waals surface area (Å²) in [6.07, 6.45) is 1.01. The van der Waals surface area contributed by atoms with Gasteiger partial charge in [0.15, 0.2) is 0 Å². The average molecular weight is 279 g/mol. The van der Waals surface area contributed by atoms with Crippen LogP contribution in [0.2, 0.25) is 0 Å². The lowest BCUT2D eigenvalue weighted by molar-refractivity contribution is 0.193. The molecular weight excluding hydrogens is 254 g/mol. The van der Waals surface area contributed by atoms with Crippen molar-refractivity contribution >= 4 is 11.8 Å². The Kier molecular flexibility index (Phi) is 5.14. The lowest BCUT2D eigenvalue weighted by Crippen LogP contribution is -2.32. The molecule has 1 atom stereocenters. The van der Waals surface area contributed by atoms with Crippen LogP contribution < -0.4 is 10.6 Å². The van der Waals surface area contributed by atoms with Crippen molar-refractivity contribution in [3.05, 3.63) is 11.8 Å². The molecule has 6 heteroatoms. The number of hydrogen-bond donors (Lipinski definition) is 1. The van der Waals surface area contributed by atoms with Crippen molar-refractivity contribution in [2.24, 2.45) is 0 Å². The van der Waals surface area contributed by atoms with Gasteiger partial charge in [-0.3, -0.25) is 0 Å². The van der Waals surface area contributed by atoms with Gasteiger partial charge in [0.1, 0.15) is 5.82 Å². The van der Waals surface area contributed by atoms with E-state index in [2.05, 4.69) is 46.9 Å². The maximum absolute atomic E-state index is 5.88. The summed E-state index contributed by atoms with van der Waals surface area (Å²) in [5, 5.41) is 0. The highest BCUT2D eigenvalue weighted by Gasteiger charge is 2.21. The van der Waals surface area contributed by atoms with Crippen molar-refractivity contribution in [2.45, 2.75) is 19.3 Å². The molecule has 1 aromatic heterocycles. The summed E-state index contributed by atoms with van der Waals surface area (Å²) in [5.41, 5.74) is 6.88. The van der Waals surface area contributed by atoms with E-state index < -0.39 is 0 Å². The molecule has 1 aromatic rings. The summed E-state index contributed by atoms with van der Waals surface area (Å²) < 4.78 is 5.44. The molecule has 0 amide bonds. The third-order valence-electron chi connectivity index (χ3n) is 3.62. The lowest BCUT2D eigenvalue weighted by Gasteiger charge is -2.24. The van der Waals surface area contributed by atoms with Gasteiger partial charge in [0.25, 0.3) is 0 Å². The number of nitrogens with two attached hydrogens (primary N) is 1. The Hall–Kier alpha value is -1.40. The quantitative estimate of drug-likeness (QED) is 0.836. The predicted molar refractivity (Wildman–Crippen MR) is 81.1 cm³/mol. The third-order valence-corrected chi connectivity index (χ3v) is 3.62. The summed E-state index contributed by atoms with van der Waals surface area (Å²) in [6, 6.07) is 2.06. The molecule has 2 rings (SSSR count). The molecule has 0 radical (unpaired) electrons. The normalized spacial score (nSPS) is 18.7. The fourth-order valence-electron chi connectivity index (χ4n) is 2.37. The summed E-state index contributed by atoms with van der Waals surface area (Å²) in [6.45, 7) is 6.50. The topological polar surface area (TPSA) is 67.5 Å². The van der Waals surface area contributed by atoms with Crippen LogP contribution in [0.1, 0.15) is 25.0 Å². The molecule has 0 spiro atoms. The van der Waals surface area contributed by atoms with Gasteiger partial charge in [0.05, 0.1) is 12.3 Å². The van der Waals surface area contributed by atoms with Crippen molar-refractivity contribution in [3.63, 3.8) is 0 Å². The number of rotatable bonds is 6. The lowest BCUT2D eigenvalue weighted by atomic mass is 10.0. The van der Waals surface area contributed by atoms with Gasteiger partial charge in [-0.25, -0.2) is 4.98 Å². The van der Waals surface area contributed by atoms with Gasteiger partial charge in [-0.15, -0.1) is 0 Å². The Bertz CT molecular complexity index is 432. The van der Waals surface area contributed by atoms with Crippen LogP contribution in [0.3, 0.4) is 0 Å². The van der Waals surface area contributed by atoms with E-state index >= 15 is 0 Å². The minimum atomic E-state index is 0.353. The molecule has 1 saturated heterocycles. The molecule has 0 aliphatic carbocycles. The highest BCUT2D eigenvalue weighted by atomic mass is 16.5. The van der Waals surface area contributed by atoms with E-state index in [1.165, 1.54) is 0 Å². The predicted octanol–water partition coefficient (Wildman–Crippen LogP) is 0.951. The van der Waals surface area contributed by atoms with Gasteiger partial charge in [-0.05, 0) is 27.4 Å². The van der Waals surface area contributed by atoms with Crippen LogP contribution in [0.25, 0.3) is 0 Å². The maximum Gasteiger partial charge on any atom is 0.222 e. The molecule has 20 heavy (non-hydrogen) atoms. The summed E-state index contributed by atoms with van der Waals surface area (Å²) >= 11 is 0. The second-order valence-corrected chi connectivity index (χ2v) is 5.45. The highest BCUT2D eigenvalue weighted by Crippen LogP contribution is 2.26. The average Bonchev–Trinajstić information content (AvgIpc) is 2.92. The molecule has 112 valence electrons. The summed E-state index contributed by atoms with van der Waals surface area (Å²) in [7, 11) is 4.15. The number of nitrogen functional groups attached to an aromatic ring is 1. The van der Waals surface area contributed by atoms with E-state index in [-0.39, 0.29) is 0 Å². The van der Waals surface area contributed by atoms with Crippen LogP contribution in [0.15, 0.2) is 6.07 Å². The molecule has 1 unspecified atom stereocenters. The number of nitrogens with zero attached hydrogens (tertiary/aromatic N) is 4. The van der Waals surface area contributed by atoms with E-state index in [9.17, 15) is 0 Å². The van der Waals surface area contributed by atoms with Crippen LogP contribution in [0.4, 0.5) is 11.8 Å². The molecule has 6 nitrogen and oxygen atoms in total. The van der Waals surface area contributed by atoms with Crippen LogP contribution in [-0.2, 0) is 4.74 Å². The molecule has 2 heterocycles. The van der Waals surface area contributed by atoms with Crippen LogP contribution in [0.5, 0.6) is 0 Å². The standard InChI is InChI=1S/C14H25N5O/c1-4-19(7-6-18(2)3)13-9-12(16-14(15)17-13)11-5-8-20-10-11/h9,11H,4-8,10H2,1-3H3,(H2,15,16,17). The first-order chi connectivity index (χ1) is 9.60. The van der Waals surface area contributed by atoms with E-state index in [0.717, 1.165) is 50.8 Å². The zero-order valence-electron chi connectivity index (χ0n) is 12.7. The van der Waals surface area contributed by atoms with Gasteiger partial charge in [-0.2, -0.15) is 4.98 Å². The molecule has 1 aliphatic heterocycles. The van der Waals surface area contributed by atoms with E-state index in [1.807, 2.05) is 0 Å². The fourth-order valence-corrected chi connectivity index (χ4v) is 2.37. The molecule has 1 aliphatic rings. The first-order valence-corrected chi connectivity index (χ1v) is 7.22. The Morgan fingerprint density at radius 2 is 2.15 bits per heavy atom. The highest BCUT2D eigenvalue weighted by molar-refractivity contribution is 5.44. The Morgan fingerprint density at radius 3 is 2.75 bits per heavy atom. The van der Waals surface area contributed by atoms with Gasteiger partial charge in [0.2, 0.25) is 5.95 Å². The number of aromatic nitrogens is 2. The van der Waals surface area contributed by atoms with Crippen molar-refractivity contribution in [1.82, 2.24) is 14.9 Å². The third kappa shape index (κ3) is 3.80. The summed E-state index contributed by atoms with van der Waals surface area (Å²) in [4.78, 5) is 13.2. The largest absolute Gasteiger partial charge is 0.381 e. The molecule has 1 fully saturated rings. The van der Waals surface area contributed by atoms with Gasteiger partial charge in [0, 0.05) is 38.2 Å². The second kappa shape index (κ2) is 6.85. The number of ether oxygens (including phenoxy) is 1. The Balaban J connectivity index is 2.16.